The highest BCUT2D eigenvalue weighted by Crippen LogP contribution is 2.59. The number of hydrogen-bond donors (Lipinski definition) is 0. The van der Waals surface area contributed by atoms with Gasteiger partial charge in [-0.15, -0.1) is 0 Å². The Morgan fingerprint density at radius 1 is 1.00 bits per heavy atom. The third kappa shape index (κ3) is 3.09. The Morgan fingerprint density at radius 2 is 1.73 bits per heavy atom. The van der Waals surface area contributed by atoms with Gasteiger partial charge in [0, 0.05) is 25.3 Å². The molecule has 3 heterocycles. The molecule has 6 nitrogen and oxygen atoms in total. The van der Waals surface area contributed by atoms with Crippen molar-refractivity contribution in [3.63, 3.8) is 0 Å². The Kier molecular flexibility index (Phi) is 5.01. The van der Waals surface area contributed by atoms with Crippen molar-refractivity contribution in [1.29, 1.82) is 0 Å². The summed E-state index contributed by atoms with van der Waals surface area (Å²) in [4.78, 5) is 38.2. The molecule has 6 heteroatoms. The molecule has 0 N–H and O–H groups in total. The SMILES string of the molecule is O=C(c1ccncn1)N1CCC(N2C(=O)C3(CCCCC3)C2c2ccccc2)CC1. The van der Waals surface area contributed by atoms with Gasteiger partial charge in [0.2, 0.25) is 5.91 Å². The number of β-lactam (4-membered cyclic amide) rings is 1. The molecule has 3 aliphatic rings. The quantitative estimate of drug-likeness (QED) is 0.733. The maximum absolute atomic E-state index is 13.5. The first-order chi connectivity index (χ1) is 14.7. The van der Waals surface area contributed by atoms with Gasteiger partial charge in [0.1, 0.15) is 12.0 Å². The zero-order valence-electron chi connectivity index (χ0n) is 17.2. The van der Waals surface area contributed by atoms with E-state index in [0.29, 0.717) is 24.7 Å². The number of amides is 2. The van der Waals surface area contributed by atoms with E-state index in [9.17, 15) is 9.59 Å². The van der Waals surface area contributed by atoms with Crippen LogP contribution in [0.3, 0.4) is 0 Å². The van der Waals surface area contributed by atoms with Crippen LogP contribution in [-0.2, 0) is 4.79 Å². The summed E-state index contributed by atoms with van der Waals surface area (Å²) < 4.78 is 0. The Hall–Kier alpha value is -2.76. The number of piperidine rings is 1. The van der Waals surface area contributed by atoms with Crippen LogP contribution in [0.15, 0.2) is 48.9 Å². The molecule has 1 aliphatic carbocycles. The summed E-state index contributed by atoms with van der Waals surface area (Å²) in [7, 11) is 0. The Morgan fingerprint density at radius 3 is 2.40 bits per heavy atom. The van der Waals surface area contributed by atoms with Crippen molar-refractivity contribution in [3.05, 3.63) is 60.2 Å². The second kappa shape index (κ2) is 7.82. The number of aromatic nitrogens is 2. The maximum atomic E-state index is 13.5. The van der Waals surface area contributed by atoms with Crippen LogP contribution in [0, 0.1) is 5.41 Å². The van der Waals surface area contributed by atoms with Crippen LogP contribution in [0.25, 0.3) is 0 Å². The summed E-state index contributed by atoms with van der Waals surface area (Å²) in [5, 5.41) is 0. The molecule has 1 unspecified atom stereocenters. The second-order valence-corrected chi connectivity index (χ2v) is 8.86. The van der Waals surface area contributed by atoms with Crippen LogP contribution in [0.4, 0.5) is 0 Å². The summed E-state index contributed by atoms with van der Waals surface area (Å²) in [6.45, 7) is 1.32. The summed E-state index contributed by atoms with van der Waals surface area (Å²) in [6.07, 6.45) is 10.2. The van der Waals surface area contributed by atoms with E-state index in [1.807, 2.05) is 11.0 Å². The summed E-state index contributed by atoms with van der Waals surface area (Å²) in [5.41, 5.74) is 1.50. The van der Waals surface area contributed by atoms with E-state index in [4.69, 9.17) is 0 Å². The molecule has 2 amide bonds. The first-order valence-electron chi connectivity index (χ1n) is 11.1. The van der Waals surface area contributed by atoms with Gasteiger partial charge in [-0.25, -0.2) is 9.97 Å². The molecule has 1 atom stereocenters. The van der Waals surface area contributed by atoms with Gasteiger partial charge in [-0.2, -0.15) is 0 Å². The maximum Gasteiger partial charge on any atom is 0.272 e. The van der Waals surface area contributed by atoms with Gasteiger partial charge in [0.15, 0.2) is 0 Å². The lowest BCUT2D eigenvalue weighted by Gasteiger charge is -2.61. The fourth-order valence-corrected chi connectivity index (χ4v) is 5.78. The summed E-state index contributed by atoms with van der Waals surface area (Å²) in [5.74, 6) is 0.297. The zero-order chi connectivity index (χ0) is 20.6. The fraction of sp³-hybridized carbons (Fsp3) is 0.500. The van der Waals surface area contributed by atoms with Gasteiger partial charge >= 0.3 is 0 Å². The Labute approximate surface area is 177 Å². The van der Waals surface area contributed by atoms with Crippen LogP contribution in [-0.4, -0.2) is 50.7 Å². The molecule has 1 spiro atoms. The number of rotatable bonds is 3. The minimum Gasteiger partial charge on any atom is -0.337 e. The van der Waals surface area contributed by atoms with Crippen LogP contribution in [0.2, 0.25) is 0 Å². The number of benzene rings is 1. The van der Waals surface area contributed by atoms with E-state index in [-0.39, 0.29) is 23.4 Å². The minimum atomic E-state index is -0.201. The van der Waals surface area contributed by atoms with E-state index >= 15 is 0 Å². The molecular weight excluding hydrogens is 376 g/mol. The predicted molar refractivity (Wildman–Crippen MR) is 113 cm³/mol. The van der Waals surface area contributed by atoms with Crippen molar-refractivity contribution >= 4 is 11.8 Å². The smallest absolute Gasteiger partial charge is 0.272 e. The standard InChI is InChI=1S/C24H28N4O2/c29-22(20-9-14-25-17-26-20)27-15-10-19(11-16-27)28-21(18-7-3-1-4-8-18)24(23(28)30)12-5-2-6-13-24/h1,3-4,7-9,14,17,19,21H,2,5-6,10-13,15-16H2. The molecule has 30 heavy (non-hydrogen) atoms. The van der Waals surface area contributed by atoms with Gasteiger partial charge < -0.3 is 9.80 Å². The van der Waals surface area contributed by atoms with Gasteiger partial charge in [-0.3, -0.25) is 9.59 Å². The largest absolute Gasteiger partial charge is 0.337 e. The first kappa shape index (κ1) is 19.2. The summed E-state index contributed by atoms with van der Waals surface area (Å²) >= 11 is 0. The van der Waals surface area contributed by atoms with E-state index in [1.165, 1.54) is 18.3 Å². The molecule has 2 saturated heterocycles. The number of carbonyl (C=O) groups is 2. The van der Waals surface area contributed by atoms with E-state index < -0.39 is 0 Å². The van der Waals surface area contributed by atoms with Gasteiger partial charge in [0.05, 0.1) is 11.5 Å². The van der Waals surface area contributed by atoms with E-state index in [2.05, 4.69) is 39.1 Å². The molecule has 1 aromatic heterocycles. The second-order valence-electron chi connectivity index (χ2n) is 8.86. The highest BCUT2D eigenvalue weighted by atomic mass is 16.2. The number of hydrogen-bond acceptors (Lipinski definition) is 4. The monoisotopic (exact) mass is 404 g/mol. The van der Waals surface area contributed by atoms with Crippen molar-refractivity contribution in [1.82, 2.24) is 19.8 Å². The molecule has 156 valence electrons. The normalized spacial score (nSPS) is 24.0. The predicted octanol–water partition coefficient (Wildman–Crippen LogP) is 3.62. The lowest BCUT2D eigenvalue weighted by Crippen LogP contribution is -2.67. The zero-order valence-corrected chi connectivity index (χ0v) is 17.2. The molecule has 0 radical (unpaired) electrons. The van der Waals surface area contributed by atoms with Crippen LogP contribution >= 0.6 is 0 Å². The Bertz CT molecular complexity index is 903. The molecule has 1 aromatic carbocycles. The van der Waals surface area contributed by atoms with E-state index in [0.717, 1.165) is 38.5 Å². The molecular formula is C24H28N4O2. The highest BCUT2D eigenvalue weighted by molar-refractivity contribution is 5.92. The van der Waals surface area contributed by atoms with Crippen LogP contribution in [0.1, 0.15) is 67.0 Å². The fourth-order valence-electron chi connectivity index (χ4n) is 5.78. The lowest BCUT2D eigenvalue weighted by atomic mass is 9.59. The number of carbonyl (C=O) groups excluding carboxylic acids is 2. The molecule has 5 rings (SSSR count). The van der Waals surface area contributed by atoms with Crippen molar-refractivity contribution in [2.24, 2.45) is 5.41 Å². The summed E-state index contributed by atoms with van der Waals surface area (Å²) in [6, 6.07) is 12.6. The third-order valence-electron chi connectivity index (χ3n) is 7.27. The molecule has 2 aromatic rings. The van der Waals surface area contributed by atoms with Crippen molar-refractivity contribution in [2.45, 2.75) is 57.0 Å². The molecule has 3 fully saturated rings. The highest BCUT2D eigenvalue weighted by Gasteiger charge is 2.62. The van der Waals surface area contributed by atoms with Crippen LogP contribution in [0.5, 0.6) is 0 Å². The molecule has 0 bridgehead atoms. The van der Waals surface area contributed by atoms with Gasteiger partial charge in [0.25, 0.3) is 5.91 Å². The van der Waals surface area contributed by atoms with Crippen molar-refractivity contribution < 1.29 is 9.59 Å². The average molecular weight is 405 g/mol. The average Bonchev–Trinajstić information content (AvgIpc) is 2.83. The van der Waals surface area contributed by atoms with Crippen molar-refractivity contribution in [2.75, 3.05) is 13.1 Å². The van der Waals surface area contributed by atoms with Gasteiger partial charge in [-0.05, 0) is 37.3 Å². The van der Waals surface area contributed by atoms with Crippen molar-refractivity contribution in [3.8, 4) is 0 Å². The van der Waals surface area contributed by atoms with Crippen LogP contribution < -0.4 is 0 Å². The van der Waals surface area contributed by atoms with E-state index in [1.54, 1.807) is 12.3 Å². The third-order valence-corrected chi connectivity index (χ3v) is 7.27. The molecule has 2 aliphatic heterocycles. The lowest BCUT2D eigenvalue weighted by molar-refractivity contribution is -0.186. The topological polar surface area (TPSA) is 66.4 Å². The number of nitrogens with zero attached hydrogens (tertiary/aromatic N) is 4. The van der Waals surface area contributed by atoms with Gasteiger partial charge in [-0.1, -0.05) is 49.6 Å². The number of likely N-dealkylation sites (tertiary alicyclic amines) is 2. The Balaban J connectivity index is 1.33. The minimum absolute atomic E-state index is 0.0471. The first-order valence-corrected chi connectivity index (χ1v) is 11.1. The molecule has 1 saturated carbocycles.